The summed E-state index contributed by atoms with van der Waals surface area (Å²) >= 11 is 0. The number of fused-ring (bicyclic) bond motifs is 1. The molecule has 2 aliphatic rings. The van der Waals surface area contributed by atoms with Crippen molar-refractivity contribution in [1.29, 1.82) is 0 Å². The highest BCUT2D eigenvalue weighted by Crippen LogP contribution is 2.38. The molecule has 5 nitrogen and oxygen atoms in total. The number of anilines is 1. The van der Waals surface area contributed by atoms with Crippen LogP contribution >= 0.6 is 0 Å². The molecule has 0 unspecified atom stereocenters. The van der Waals surface area contributed by atoms with Crippen LogP contribution in [-0.2, 0) is 7.05 Å². The molecule has 2 heterocycles. The Morgan fingerprint density at radius 1 is 1.37 bits per heavy atom. The van der Waals surface area contributed by atoms with Gasteiger partial charge in [0.2, 0.25) is 0 Å². The molecular formula is C14H17N3O2. The monoisotopic (exact) mass is 259 g/mol. The second kappa shape index (κ2) is 3.63. The van der Waals surface area contributed by atoms with E-state index < -0.39 is 0 Å². The molecule has 2 aromatic rings. The van der Waals surface area contributed by atoms with Crippen LogP contribution in [0.5, 0.6) is 0 Å². The van der Waals surface area contributed by atoms with E-state index >= 15 is 0 Å². The summed E-state index contributed by atoms with van der Waals surface area (Å²) in [5, 5.41) is 3.60. The number of aromatic nitrogens is 1. The lowest BCUT2D eigenvalue weighted by Crippen LogP contribution is -2.52. The van der Waals surface area contributed by atoms with E-state index in [1.807, 2.05) is 12.1 Å². The van der Waals surface area contributed by atoms with E-state index in [0.29, 0.717) is 11.1 Å². The minimum absolute atomic E-state index is 0.300. The van der Waals surface area contributed by atoms with Crippen LogP contribution in [0, 0.1) is 0 Å². The van der Waals surface area contributed by atoms with Gasteiger partial charge in [0.15, 0.2) is 5.58 Å². The molecule has 19 heavy (non-hydrogen) atoms. The van der Waals surface area contributed by atoms with E-state index in [1.165, 1.54) is 12.8 Å². The first-order valence-electron chi connectivity index (χ1n) is 6.77. The number of aryl methyl sites for hydroxylation is 1. The van der Waals surface area contributed by atoms with Crippen molar-refractivity contribution in [2.45, 2.75) is 18.4 Å². The Hall–Kier alpha value is -1.75. The van der Waals surface area contributed by atoms with Gasteiger partial charge < -0.3 is 14.6 Å². The Kier molecular flexibility index (Phi) is 2.12. The molecule has 1 aliphatic heterocycles. The number of rotatable bonds is 1. The van der Waals surface area contributed by atoms with Gasteiger partial charge in [0, 0.05) is 44.0 Å². The Morgan fingerprint density at radius 3 is 3.00 bits per heavy atom. The van der Waals surface area contributed by atoms with Gasteiger partial charge in [0.25, 0.3) is 0 Å². The van der Waals surface area contributed by atoms with E-state index in [2.05, 4.69) is 16.3 Å². The quantitative estimate of drug-likeness (QED) is 0.832. The maximum absolute atomic E-state index is 11.5. The number of benzene rings is 1. The van der Waals surface area contributed by atoms with Crippen LogP contribution in [0.15, 0.2) is 27.4 Å². The minimum atomic E-state index is -0.300. The summed E-state index contributed by atoms with van der Waals surface area (Å²) in [6, 6.07) is 6.04. The first-order chi connectivity index (χ1) is 9.17. The third-order valence-corrected chi connectivity index (χ3v) is 4.37. The van der Waals surface area contributed by atoms with Gasteiger partial charge in [0.1, 0.15) is 0 Å². The molecule has 1 aliphatic carbocycles. The second-order valence-electron chi connectivity index (χ2n) is 5.71. The van der Waals surface area contributed by atoms with E-state index in [4.69, 9.17) is 4.42 Å². The molecule has 1 N–H and O–H groups in total. The molecule has 2 fully saturated rings. The summed E-state index contributed by atoms with van der Waals surface area (Å²) in [6.45, 7) is 3.08. The normalized spacial score (nSPS) is 21.2. The lowest BCUT2D eigenvalue weighted by atomic mass is 10.1. The maximum Gasteiger partial charge on any atom is 0.419 e. The average molecular weight is 259 g/mol. The summed E-state index contributed by atoms with van der Waals surface area (Å²) in [6.07, 6.45) is 2.54. The lowest BCUT2D eigenvalue weighted by molar-refractivity contribution is 0.442. The van der Waals surface area contributed by atoms with Crippen molar-refractivity contribution in [3.05, 3.63) is 28.7 Å². The lowest BCUT2D eigenvalue weighted by Gasteiger charge is -2.35. The van der Waals surface area contributed by atoms with Crippen molar-refractivity contribution in [3.63, 3.8) is 0 Å². The van der Waals surface area contributed by atoms with Crippen molar-refractivity contribution in [2.75, 3.05) is 24.5 Å². The molecule has 1 spiro atoms. The van der Waals surface area contributed by atoms with Crippen molar-refractivity contribution < 1.29 is 4.42 Å². The van der Waals surface area contributed by atoms with Gasteiger partial charge in [-0.25, -0.2) is 4.79 Å². The summed E-state index contributed by atoms with van der Waals surface area (Å²) in [5.74, 6) is -0.300. The Morgan fingerprint density at radius 2 is 2.21 bits per heavy atom. The standard InChI is InChI=1S/C14H17N3O2/c1-16-11-3-2-10(8-12(11)19-13(16)18)17-7-6-15-14(9-17)4-5-14/h2-3,8,15H,4-7,9H2,1H3. The molecule has 1 saturated carbocycles. The largest absolute Gasteiger partial charge is 0.419 e. The van der Waals surface area contributed by atoms with Gasteiger partial charge in [0.05, 0.1) is 5.52 Å². The summed E-state index contributed by atoms with van der Waals surface area (Å²) in [4.78, 5) is 13.9. The number of nitrogens with zero attached hydrogens (tertiary/aromatic N) is 2. The van der Waals surface area contributed by atoms with Crippen LogP contribution in [-0.4, -0.2) is 29.7 Å². The molecule has 4 rings (SSSR count). The zero-order valence-electron chi connectivity index (χ0n) is 11.0. The summed E-state index contributed by atoms with van der Waals surface area (Å²) in [7, 11) is 1.73. The van der Waals surface area contributed by atoms with Gasteiger partial charge in [-0.05, 0) is 25.0 Å². The van der Waals surface area contributed by atoms with E-state index in [1.54, 1.807) is 11.6 Å². The van der Waals surface area contributed by atoms with Crippen LogP contribution in [0.25, 0.3) is 11.1 Å². The van der Waals surface area contributed by atoms with Crippen LogP contribution in [0.4, 0.5) is 5.69 Å². The van der Waals surface area contributed by atoms with Crippen LogP contribution in [0.2, 0.25) is 0 Å². The number of oxazole rings is 1. The molecule has 0 amide bonds. The van der Waals surface area contributed by atoms with Crippen LogP contribution < -0.4 is 16.0 Å². The van der Waals surface area contributed by atoms with E-state index in [9.17, 15) is 4.79 Å². The molecule has 100 valence electrons. The zero-order valence-corrected chi connectivity index (χ0v) is 11.0. The van der Waals surface area contributed by atoms with E-state index in [0.717, 1.165) is 30.8 Å². The van der Waals surface area contributed by atoms with Crippen molar-refractivity contribution in [3.8, 4) is 0 Å². The van der Waals surface area contributed by atoms with Gasteiger partial charge in [-0.15, -0.1) is 0 Å². The molecule has 0 bridgehead atoms. The minimum Gasteiger partial charge on any atom is -0.408 e. The molecule has 1 aromatic heterocycles. The predicted molar refractivity (Wildman–Crippen MR) is 73.6 cm³/mol. The van der Waals surface area contributed by atoms with Crippen molar-refractivity contribution in [1.82, 2.24) is 9.88 Å². The van der Waals surface area contributed by atoms with Crippen molar-refractivity contribution >= 4 is 16.8 Å². The van der Waals surface area contributed by atoms with Crippen LogP contribution in [0.3, 0.4) is 0 Å². The fourth-order valence-corrected chi connectivity index (χ4v) is 2.98. The molecule has 0 atom stereocenters. The highest BCUT2D eigenvalue weighted by Gasteiger charge is 2.45. The van der Waals surface area contributed by atoms with Crippen molar-refractivity contribution in [2.24, 2.45) is 7.05 Å². The molecule has 5 heteroatoms. The van der Waals surface area contributed by atoms with Gasteiger partial charge in [-0.1, -0.05) is 0 Å². The van der Waals surface area contributed by atoms with Crippen LogP contribution in [0.1, 0.15) is 12.8 Å². The van der Waals surface area contributed by atoms with Gasteiger partial charge >= 0.3 is 5.76 Å². The van der Waals surface area contributed by atoms with E-state index in [-0.39, 0.29) is 5.76 Å². The fraction of sp³-hybridized carbons (Fsp3) is 0.500. The zero-order chi connectivity index (χ0) is 13.0. The Labute approximate surface area is 110 Å². The number of piperazine rings is 1. The third-order valence-electron chi connectivity index (χ3n) is 4.37. The molecule has 0 radical (unpaired) electrons. The first kappa shape index (κ1) is 11.1. The molecular weight excluding hydrogens is 242 g/mol. The van der Waals surface area contributed by atoms with Gasteiger partial charge in [-0.3, -0.25) is 4.57 Å². The highest BCUT2D eigenvalue weighted by atomic mass is 16.4. The average Bonchev–Trinajstić information content (AvgIpc) is 3.09. The second-order valence-corrected chi connectivity index (χ2v) is 5.71. The smallest absolute Gasteiger partial charge is 0.408 e. The Bertz CT molecular complexity index is 696. The summed E-state index contributed by atoms with van der Waals surface area (Å²) < 4.78 is 6.80. The maximum atomic E-state index is 11.5. The predicted octanol–water partition coefficient (Wildman–Crippen LogP) is 1.07. The third kappa shape index (κ3) is 1.69. The summed E-state index contributed by atoms with van der Waals surface area (Å²) in [5.41, 5.74) is 3.03. The molecule has 1 aromatic carbocycles. The molecule has 1 saturated heterocycles. The number of nitrogens with one attached hydrogen (secondary N) is 1. The first-order valence-corrected chi connectivity index (χ1v) is 6.77. The Balaban J connectivity index is 1.72. The fourth-order valence-electron chi connectivity index (χ4n) is 2.98. The SMILES string of the molecule is Cn1c(=O)oc2cc(N3CCNC4(CC4)C3)ccc21. The topological polar surface area (TPSA) is 50.4 Å². The van der Waals surface area contributed by atoms with Gasteiger partial charge in [-0.2, -0.15) is 0 Å². The highest BCUT2D eigenvalue weighted by molar-refractivity contribution is 5.77. The number of hydrogen-bond acceptors (Lipinski definition) is 4. The number of hydrogen-bond donors (Lipinski definition) is 1.